The molecule has 0 atom stereocenters. The first-order valence-electron chi connectivity index (χ1n) is 5.01. The van der Waals surface area contributed by atoms with Gasteiger partial charge in [0.05, 0.1) is 4.88 Å². The Morgan fingerprint density at radius 1 is 1.28 bits per heavy atom. The second kappa shape index (κ2) is 4.99. The SMILES string of the molecule is CNCc1sc(-c2ncccn2)nc1C(F)(F)F. The Kier molecular flexibility index (Phi) is 3.58. The van der Waals surface area contributed by atoms with Crippen molar-refractivity contribution in [1.82, 2.24) is 20.3 Å². The predicted molar refractivity (Wildman–Crippen MR) is 60.9 cm³/mol. The van der Waals surface area contributed by atoms with Crippen LogP contribution in [0.1, 0.15) is 10.6 Å². The molecule has 0 aliphatic carbocycles. The molecule has 0 aliphatic rings. The summed E-state index contributed by atoms with van der Waals surface area (Å²) in [5.74, 6) is 0.204. The molecule has 8 heteroatoms. The number of nitrogens with zero attached hydrogens (tertiary/aromatic N) is 3. The minimum atomic E-state index is -4.46. The highest BCUT2D eigenvalue weighted by molar-refractivity contribution is 7.15. The summed E-state index contributed by atoms with van der Waals surface area (Å²) in [6, 6.07) is 1.59. The van der Waals surface area contributed by atoms with E-state index in [1.807, 2.05) is 0 Å². The summed E-state index contributed by atoms with van der Waals surface area (Å²) in [5.41, 5.74) is -0.871. The van der Waals surface area contributed by atoms with Crippen LogP contribution in [0.3, 0.4) is 0 Å². The fourth-order valence-corrected chi connectivity index (χ4v) is 2.40. The lowest BCUT2D eigenvalue weighted by Crippen LogP contribution is -2.12. The van der Waals surface area contributed by atoms with Gasteiger partial charge in [-0.2, -0.15) is 13.2 Å². The summed E-state index contributed by atoms with van der Waals surface area (Å²) in [5, 5.41) is 2.87. The standard InChI is InChI=1S/C10H9F3N4S/c1-14-5-6-7(10(11,12)13)17-9(18-6)8-15-3-2-4-16-8/h2-4,14H,5H2,1H3. The third-order valence-electron chi connectivity index (χ3n) is 2.06. The Bertz CT molecular complexity index is 524. The van der Waals surface area contributed by atoms with Gasteiger partial charge in [-0.25, -0.2) is 15.0 Å². The highest BCUT2D eigenvalue weighted by atomic mass is 32.1. The van der Waals surface area contributed by atoms with Crippen LogP contribution in [0.25, 0.3) is 10.8 Å². The van der Waals surface area contributed by atoms with Gasteiger partial charge in [0.25, 0.3) is 0 Å². The lowest BCUT2D eigenvalue weighted by atomic mass is 10.3. The molecule has 2 rings (SSSR count). The highest BCUT2D eigenvalue weighted by Gasteiger charge is 2.37. The van der Waals surface area contributed by atoms with Crippen molar-refractivity contribution in [3.05, 3.63) is 29.0 Å². The van der Waals surface area contributed by atoms with Crippen molar-refractivity contribution in [2.24, 2.45) is 0 Å². The first kappa shape index (κ1) is 12.9. The van der Waals surface area contributed by atoms with Gasteiger partial charge in [-0.15, -0.1) is 11.3 Å². The lowest BCUT2D eigenvalue weighted by molar-refractivity contribution is -0.141. The third-order valence-corrected chi connectivity index (χ3v) is 3.11. The van der Waals surface area contributed by atoms with Crippen LogP contribution in [0.2, 0.25) is 0 Å². The zero-order valence-corrected chi connectivity index (χ0v) is 10.1. The van der Waals surface area contributed by atoms with Crippen LogP contribution in [0.4, 0.5) is 13.2 Å². The van der Waals surface area contributed by atoms with Gasteiger partial charge < -0.3 is 5.32 Å². The van der Waals surface area contributed by atoms with Gasteiger partial charge in [0.1, 0.15) is 0 Å². The van der Waals surface area contributed by atoms with Gasteiger partial charge in [-0.05, 0) is 13.1 Å². The van der Waals surface area contributed by atoms with Crippen molar-refractivity contribution >= 4 is 11.3 Å². The maximum Gasteiger partial charge on any atom is 0.434 e. The summed E-state index contributed by atoms with van der Waals surface area (Å²) >= 11 is 0.945. The summed E-state index contributed by atoms with van der Waals surface area (Å²) in [6.07, 6.45) is -1.53. The molecule has 4 nitrogen and oxygen atoms in total. The molecule has 0 saturated carbocycles. The molecule has 2 aromatic rings. The van der Waals surface area contributed by atoms with E-state index in [2.05, 4.69) is 20.3 Å². The Morgan fingerprint density at radius 3 is 2.50 bits per heavy atom. The molecule has 18 heavy (non-hydrogen) atoms. The van der Waals surface area contributed by atoms with Crippen LogP contribution >= 0.6 is 11.3 Å². The van der Waals surface area contributed by atoms with Gasteiger partial charge in [0.2, 0.25) is 0 Å². The number of aromatic nitrogens is 3. The monoisotopic (exact) mass is 274 g/mol. The molecule has 0 saturated heterocycles. The van der Waals surface area contributed by atoms with E-state index in [1.54, 1.807) is 13.1 Å². The van der Waals surface area contributed by atoms with Gasteiger partial charge in [0.15, 0.2) is 16.5 Å². The first-order chi connectivity index (χ1) is 8.52. The van der Waals surface area contributed by atoms with Crippen LogP contribution in [-0.4, -0.2) is 22.0 Å². The Hall–Kier alpha value is -1.54. The second-order valence-corrected chi connectivity index (χ2v) is 4.47. The summed E-state index contributed by atoms with van der Waals surface area (Å²) in [6.45, 7) is 0.110. The van der Waals surface area contributed by atoms with Gasteiger partial charge in [-0.1, -0.05) is 0 Å². The van der Waals surface area contributed by atoms with E-state index in [0.717, 1.165) is 11.3 Å². The van der Waals surface area contributed by atoms with Crippen molar-refractivity contribution in [2.45, 2.75) is 12.7 Å². The van der Waals surface area contributed by atoms with Crippen molar-refractivity contribution in [3.63, 3.8) is 0 Å². The number of rotatable bonds is 3. The molecule has 2 heterocycles. The van der Waals surface area contributed by atoms with Gasteiger partial charge in [0, 0.05) is 18.9 Å². The molecule has 96 valence electrons. The van der Waals surface area contributed by atoms with E-state index in [1.165, 1.54) is 12.4 Å². The maximum atomic E-state index is 12.8. The van der Waals surface area contributed by atoms with E-state index in [9.17, 15) is 13.2 Å². The molecule has 0 aliphatic heterocycles. The molecule has 0 radical (unpaired) electrons. The lowest BCUT2D eigenvalue weighted by Gasteiger charge is -2.04. The fourth-order valence-electron chi connectivity index (χ4n) is 1.36. The Balaban J connectivity index is 2.46. The Morgan fingerprint density at radius 2 is 1.94 bits per heavy atom. The molecule has 0 unspecified atom stereocenters. The third kappa shape index (κ3) is 2.65. The molecule has 0 aromatic carbocycles. The molecule has 2 aromatic heterocycles. The normalized spacial score (nSPS) is 11.8. The summed E-state index contributed by atoms with van der Waals surface area (Å²) in [4.78, 5) is 11.5. The van der Waals surface area contributed by atoms with Crippen molar-refractivity contribution < 1.29 is 13.2 Å². The molecule has 0 fully saturated rings. The number of halogens is 3. The zero-order chi connectivity index (χ0) is 13.2. The number of alkyl halides is 3. The van der Waals surface area contributed by atoms with Crippen LogP contribution in [0.15, 0.2) is 18.5 Å². The predicted octanol–water partition coefficient (Wildman–Crippen LogP) is 2.34. The summed E-state index contributed by atoms with van der Waals surface area (Å²) < 4.78 is 38.3. The van der Waals surface area contributed by atoms with Crippen molar-refractivity contribution in [2.75, 3.05) is 7.05 Å². The topological polar surface area (TPSA) is 50.7 Å². The minimum absolute atomic E-state index is 0.110. The van der Waals surface area contributed by atoms with E-state index in [4.69, 9.17) is 0 Å². The highest BCUT2D eigenvalue weighted by Crippen LogP contribution is 2.36. The van der Waals surface area contributed by atoms with E-state index in [0.29, 0.717) is 0 Å². The molecule has 0 amide bonds. The van der Waals surface area contributed by atoms with Crippen LogP contribution in [0, 0.1) is 0 Å². The van der Waals surface area contributed by atoms with Gasteiger partial charge >= 0.3 is 6.18 Å². The largest absolute Gasteiger partial charge is 0.434 e. The molecular weight excluding hydrogens is 265 g/mol. The number of nitrogens with one attached hydrogen (secondary N) is 1. The molecular formula is C10H9F3N4S. The number of thiazole rings is 1. The maximum absolute atomic E-state index is 12.8. The molecule has 1 N–H and O–H groups in total. The minimum Gasteiger partial charge on any atom is -0.315 e. The smallest absolute Gasteiger partial charge is 0.315 e. The number of hydrogen-bond acceptors (Lipinski definition) is 5. The average molecular weight is 274 g/mol. The summed E-state index contributed by atoms with van der Waals surface area (Å²) in [7, 11) is 1.58. The van der Waals surface area contributed by atoms with Crippen molar-refractivity contribution in [3.8, 4) is 10.8 Å². The first-order valence-corrected chi connectivity index (χ1v) is 5.83. The van der Waals surface area contributed by atoms with Crippen LogP contribution in [-0.2, 0) is 12.7 Å². The van der Waals surface area contributed by atoms with Gasteiger partial charge in [-0.3, -0.25) is 0 Å². The van der Waals surface area contributed by atoms with E-state index in [-0.39, 0.29) is 22.3 Å². The molecule has 0 spiro atoms. The van der Waals surface area contributed by atoms with E-state index >= 15 is 0 Å². The van der Waals surface area contributed by atoms with Crippen molar-refractivity contribution in [1.29, 1.82) is 0 Å². The fraction of sp³-hybridized carbons (Fsp3) is 0.300. The van der Waals surface area contributed by atoms with Crippen LogP contribution in [0.5, 0.6) is 0 Å². The Labute approximate surface area is 105 Å². The zero-order valence-electron chi connectivity index (χ0n) is 9.32. The van der Waals surface area contributed by atoms with E-state index < -0.39 is 11.9 Å². The second-order valence-electron chi connectivity index (χ2n) is 3.39. The molecule has 0 bridgehead atoms. The quantitative estimate of drug-likeness (QED) is 0.933. The van der Waals surface area contributed by atoms with Crippen LogP contribution < -0.4 is 5.32 Å². The number of hydrogen-bond donors (Lipinski definition) is 1. The average Bonchev–Trinajstić information content (AvgIpc) is 2.75.